The SMILES string of the molecule is CC(CCO)NCc1cc(N(C)C)c2c(c1O)C(O)=C1C(=O)[C@@]3(O)C(O)=C(C(N)=O)C(=O)C(N(C)C)[C@H]3C[C@H]1C2. The first-order valence-corrected chi connectivity index (χ1v) is 13.2. The summed E-state index contributed by atoms with van der Waals surface area (Å²) < 4.78 is 0. The summed E-state index contributed by atoms with van der Waals surface area (Å²) in [6, 6.07) is 0.610. The van der Waals surface area contributed by atoms with Crippen LogP contribution in [0, 0.1) is 11.8 Å². The van der Waals surface area contributed by atoms with Gasteiger partial charge >= 0.3 is 0 Å². The molecule has 0 aromatic heterocycles. The number of nitrogens with two attached hydrogens (primary N) is 1. The fraction of sp³-hybridized carbons (Fsp3) is 0.536. The smallest absolute Gasteiger partial charge is 0.255 e. The van der Waals surface area contributed by atoms with Gasteiger partial charge in [0.1, 0.15) is 22.8 Å². The second kappa shape index (κ2) is 10.5. The summed E-state index contributed by atoms with van der Waals surface area (Å²) in [5.74, 6) is -6.75. The Kier molecular flexibility index (Phi) is 7.76. The molecule has 0 radical (unpaired) electrons. The van der Waals surface area contributed by atoms with Crippen LogP contribution in [0.15, 0.2) is 23.0 Å². The summed E-state index contributed by atoms with van der Waals surface area (Å²) in [6.45, 7) is 2.09. The van der Waals surface area contributed by atoms with Gasteiger partial charge in [-0.25, -0.2) is 0 Å². The molecule has 0 bridgehead atoms. The fourth-order valence-electron chi connectivity index (χ4n) is 6.46. The molecule has 40 heavy (non-hydrogen) atoms. The van der Waals surface area contributed by atoms with Crippen LogP contribution >= 0.6 is 0 Å². The molecule has 1 fully saturated rings. The lowest BCUT2D eigenvalue weighted by Crippen LogP contribution is -2.65. The average Bonchev–Trinajstić information content (AvgIpc) is 2.85. The zero-order valence-electron chi connectivity index (χ0n) is 23.4. The van der Waals surface area contributed by atoms with Crippen molar-refractivity contribution in [3.8, 4) is 5.75 Å². The molecular weight excluding hydrogens is 520 g/mol. The van der Waals surface area contributed by atoms with Crippen LogP contribution in [0.3, 0.4) is 0 Å². The zero-order chi connectivity index (χ0) is 29.8. The first kappa shape index (κ1) is 29.5. The van der Waals surface area contributed by atoms with E-state index in [-0.39, 0.29) is 48.9 Å². The molecule has 0 spiro atoms. The molecular formula is C28H38N4O8. The summed E-state index contributed by atoms with van der Waals surface area (Å²) in [5, 5.41) is 58.0. The molecule has 0 heterocycles. The van der Waals surface area contributed by atoms with E-state index in [1.54, 1.807) is 20.2 Å². The van der Waals surface area contributed by atoms with Gasteiger partial charge in [0.25, 0.3) is 5.91 Å². The third-order valence-corrected chi connectivity index (χ3v) is 8.46. The number of fused-ring (bicyclic) bond motifs is 3. The van der Waals surface area contributed by atoms with E-state index in [4.69, 9.17) is 5.73 Å². The number of carbonyl (C=O) groups is 3. The minimum atomic E-state index is -2.68. The maximum Gasteiger partial charge on any atom is 0.255 e. The van der Waals surface area contributed by atoms with Crippen LogP contribution in [0.2, 0.25) is 0 Å². The highest BCUT2D eigenvalue weighted by atomic mass is 16.3. The number of hydrogen-bond acceptors (Lipinski definition) is 11. The number of aromatic hydroxyl groups is 1. The van der Waals surface area contributed by atoms with Crippen molar-refractivity contribution in [2.24, 2.45) is 17.6 Å². The van der Waals surface area contributed by atoms with Crippen LogP contribution in [-0.2, 0) is 27.3 Å². The molecule has 4 rings (SSSR count). The zero-order valence-corrected chi connectivity index (χ0v) is 23.4. The standard InChI is InChI=1S/C28H38N4O8/c1-12(6-7-33)30-11-14-10-17(31(2)3)15-8-13-9-16-21(32(4)5)24(36)20(27(29)39)26(38)28(16,40)25(37)18(13)23(35)19(15)22(14)34/h10,12-13,16,21,30,33-35,38,40H,6-9,11H2,1-5H3,(H2,29,39)/t12?,13-,16-,21?,28-/m1/s1. The fourth-order valence-corrected chi connectivity index (χ4v) is 6.46. The van der Waals surface area contributed by atoms with Gasteiger partial charge in [-0.1, -0.05) is 0 Å². The van der Waals surface area contributed by atoms with E-state index >= 15 is 0 Å². The van der Waals surface area contributed by atoms with Crippen LogP contribution in [0.5, 0.6) is 5.75 Å². The Bertz CT molecular complexity index is 1330. The third kappa shape index (κ3) is 4.35. The van der Waals surface area contributed by atoms with E-state index in [1.165, 1.54) is 4.90 Å². The highest BCUT2D eigenvalue weighted by molar-refractivity contribution is 6.24. The Balaban J connectivity index is 1.91. The Labute approximate surface area is 232 Å². The Morgan fingerprint density at radius 3 is 2.40 bits per heavy atom. The molecule has 1 aromatic rings. The van der Waals surface area contributed by atoms with Crippen molar-refractivity contribution < 1.29 is 39.9 Å². The number of ketones is 2. The van der Waals surface area contributed by atoms with Gasteiger partial charge < -0.3 is 41.5 Å². The van der Waals surface area contributed by atoms with E-state index in [9.17, 15) is 39.9 Å². The van der Waals surface area contributed by atoms with Gasteiger partial charge in [0.05, 0.1) is 11.6 Å². The number of hydrogen-bond donors (Lipinski definition) is 7. The lowest BCUT2D eigenvalue weighted by atomic mass is 9.57. The van der Waals surface area contributed by atoms with Gasteiger partial charge in [0.2, 0.25) is 5.78 Å². The Morgan fingerprint density at radius 1 is 1.20 bits per heavy atom. The third-order valence-electron chi connectivity index (χ3n) is 8.46. The Morgan fingerprint density at radius 2 is 1.85 bits per heavy atom. The first-order chi connectivity index (χ1) is 18.7. The number of carbonyl (C=O) groups excluding carboxylic acids is 3. The number of rotatable bonds is 8. The lowest BCUT2D eigenvalue weighted by Gasteiger charge is -2.50. The van der Waals surface area contributed by atoms with Crippen LogP contribution in [0.4, 0.5) is 5.69 Å². The van der Waals surface area contributed by atoms with Gasteiger partial charge in [-0.15, -0.1) is 0 Å². The second-order valence-electron chi connectivity index (χ2n) is 11.4. The summed E-state index contributed by atoms with van der Waals surface area (Å²) in [7, 11) is 6.75. The van der Waals surface area contributed by atoms with Crippen molar-refractivity contribution >= 4 is 28.9 Å². The first-order valence-electron chi connectivity index (χ1n) is 13.2. The number of amides is 1. The largest absolute Gasteiger partial charge is 0.508 e. The lowest BCUT2D eigenvalue weighted by molar-refractivity contribution is -0.153. The maximum absolute atomic E-state index is 14.0. The molecule has 218 valence electrons. The summed E-state index contributed by atoms with van der Waals surface area (Å²) in [4.78, 5) is 42.7. The van der Waals surface area contributed by atoms with Gasteiger partial charge in [-0.3, -0.25) is 19.3 Å². The molecule has 12 heteroatoms. The number of phenols is 1. The number of benzene rings is 1. The molecule has 8 N–H and O–H groups in total. The van der Waals surface area contributed by atoms with E-state index in [1.807, 2.05) is 25.9 Å². The van der Waals surface area contributed by atoms with Crippen LogP contribution in [0.1, 0.15) is 36.5 Å². The normalized spacial score (nSPS) is 26.9. The van der Waals surface area contributed by atoms with Gasteiger partial charge in [0.15, 0.2) is 11.4 Å². The number of anilines is 1. The summed E-state index contributed by atoms with van der Waals surface area (Å²) in [5.41, 5.74) is 3.47. The van der Waals surface area contributed by atoms with Crippen molar-refractivity contribution in [1.82, 2.24) is 10.2 Å². The number of nitrogens with zero attached hydrogens (tertiary/aromatic N) is 2. The van der Waals surface area contributed by atoms with Crippen LogP contribution in [0.25, 0.3) is 5.76 Å². The van der Waals surface area contributed by atoms with Crippen LogP contribution < -0.4 is 16.0 Å². The second-order valence-corrected chi connectivity index (χ2v) is 11.4. The van der Waals surface area contributed by atoms with E-state index < -0.39 is 58.0 Å². The predicted molar refractivity (Wildman–Crippen MR) is 147 cm³/mol. The van der Waals surface area contributed by atoms with E-state index in [0.29, 0.717) is 23.2 Å². The van der Waals surface area contributed by atoms with E-state index in [2.05, 4.69) is 5.32 Å². The molecule has 3 aliphatic carbocycles. The summed E-state index contributed by atoms with van der Waals surface area (Å²) >= 11 is 0. The average molecular weight is 559 g/mol. The topological polar surface area (TPSA) is 197 Å². The predicted octanol–water partition coefficient (Wildman–Crippen LogP) is -0.109. The van der Waals surface area contributed by atoms with Crippen molar-refractivity contribution in [3.05, 3.63) is 39.7 Å². The molecule has 5 atom stereocenters. The molecule has 0 aliphatic heterocycles. The van der Waals surface area contributed by atoms with Crippen molar-refractivity contribution in [2.75, 3.05) is 39.7 Å². The molecule has 1 aromatic carbocycles. The highest BCUT2D eigenvalue weighted by Crippen LogP contribution is 2.54. The Hall–Kier alpha value is -3.45. The molecule has 2 unspecified atom stereocenters. The van der Waals surface area contributed by atoms with Crippen molar-refractivity contribution in [3.63, 3.8) is 0 Å². The maximum atomic E-state index is 14.0. The molecule has 1 saturated carbocycles. The molecule has 12 nitrogen and oxygen atoms in total. The molecule has 1 amide bonds. The highest BCUT2D eigenvalue weighted by Gasteiger charge is 2.64. The van der Waals surface area contributed by atoms with Crippen molar-refractivity contribution in [1.29, 1.82) is 0 Å². The quantitative estimate of drug-likeness (QED) is 0.210. The number of likely N-dealkylation sites (N-methyl/N-ethyl adjacent to an activating group) is 1. The van der Waals surface area contributed by atoms with Crippen molar-refractivity contribution in [2.45, 2.75) is 50.4 Å². The number of Topliss-reactive ketones (excluding diaryl/α,β-unsaturated/α-hetero) is 2. The molecule has 3 aliphatic rings. The number of aliphatic hydroxyl groups excluding tert-OH is 3. The van der Waals surface area contributed by atoms with Gasteiger partial charge in [-0.05, 0) is 57.8 Å². The summed E-state index contributed by atoms with van der Waals surface area (Å²) in [6.07, 6.45) is 0.740. The number of primary amides is 1. The minimum absolute atomic E-state index is 0.00733. The monoisotopic (exact) mass is 558 g/mol. The number of phenolic OH excluding ortho intramolecular Hbond substituents is 1. The van der Waals surface area contributed by atoms with Gasteiger partial charge in [0, 0.05) is 56.0 Å². The minimum Gasteiger partial charge on any atom is -0.508 e. The van der Waals surface area contributed by atoms with Crippen LogP contribution in [-0.4, -0.2) is 100 Å². The molecule has 0 saturated heterocycles. The number of nitrogens with one attached hydrogen (secondary N) is 1. The van der Waals surface area contributed by atoms with Gasteiger partial charge in [-0.2, -0.15) is 0 Å². The van der Waals surface area contributed by atoms with E-state index in [0.717, 1.165) is 0 Å². The number of aliphatic hydroxyl groups is 4.